The minimum absolute atomic E-state index is 0.547. The second kappa shape index (κ2) is 6.20. The molecule has 1 aromatic carbocycles. The predicted molar refractivity (Wildman–Crippen MR) is 85.7 cm³/mol. The molecular weight excluding hydrogens is 300 g/mol. The molecule has 0 atom stereocenters. The monoisotopic (exact) mass is 320 g/mol. The third-order valence-electron chi connectivity index (χ3n) is 3.86. The van der Waals surface area contributed by atoms with Crippen LogP contribution >= 0.6 is 0 Å². The first-order valence-electron chi connectivity index (χ1n) is 7.29. The molecule has 0 spiro atoms. The minimum atomic E-state index is -3.07. The van der Waals surface area contributed by atoms with Crippen molar-refractivity contribution in [3.05, 3.63) is 42.6 Å². The number of sulfonamides is 1. The number of nitrogens with zero attached hydrogens (tertiary/aromatic N) is 4. The van der Waals surface area contributed by atoms with Gasteiger partial charge in [0.1, 0.15) is 0 Å². The molecule has 0 amide bonds. The number of hydrogen-bond acceptors (Lipinski definition) is 4. The summed E-state index contributed by atoms with van der Waals surface area (Å²) < 4.78 is 26.4. The van der Waals surface area contributed by atoms with Crippen LogP contribution in [0.4, 0.5) is 0 Å². The standard InChI is InChI=1S/C15H20N4O2S/c1-22(20,21)19-11-9-17(10-12-19)13-18-8-7-15(16-18)14-5-3-2-4-6-14/h2-8H,9-13H2,1H3. The molecule has 3 rings (SSSR count). The Morgan fingerprint density at radius 2 is 1.73 bits per heavy atom. The molecule has 0 unspecified atom stereocenters. The van der Waals surface area contributed by atoms with Crippen LogP contribution in [0.15, 0.2) is 42.6 Å². The zero-order valence-electron chi connectivity index (χ0n) is 12.6. The summed E-state index contributed by atoms with van der Waals surface area (Å²) in [6, 6.07) is 12.1. The highest BCUT2D eigenvalue weighted by molar-refractivity contribution is 7.88. The van der Waals surface area contributed by atoms with Crippen LogP contribution in [0.1, 0.15) is 0 Å². The van der Waals surface area contributed by atoms with E-state index in [2.05, 4.69) is 10.00 Å². The molecule has 0 aliphatic carbocycles. The van der Waals surface area contributed by atoms with E-state index >= 15 is 0 Å². The molecule has 7 heteroatoms. The van der Waals surface area contributed by atoms with Gasteiger partial charge in [0.05, 0.1) is 18.6 Å². The van der Waals surface area contributed by atoms with Gasteiger partial charge in [-0.2, -0.15) is 9.40 Å². The Morgan fingerprint density at radius 3 is 2.36 bits per heavy atom. The summed E-state index contributed by atoms with van der Waals surface area (Å²) in [7, 11) is -3.07. The summed E-state index contributed by atoms with van der Waals surface area (Å²) in [6.45, 7) is 3.24. The lowest BCUT2D eigenvalue weighted by Crippen LogP contribution is -2.48. The molecule has 0 radical (unpaired) electrons. The van der Waals surface area contributed by atoms with Gasteiger partial charge in [-0.25, -0.2) is 8.42 Å². The molecule has 1 aliphatic rings. The summed E-state index contributed by atoms with van der Waals surface area (Å²) in [5, 5.41) is 4.59. The van der Waals surface area contributed by atoms with Crippen molar-refractivity contribution in [2.75, 3.05) is 32.4 Å². The topological polar surface area (TPSA) is 58.4 Å². The van der Waals surface area contributed by atoms with Gasteiger partial charge < -0.3 is 0 Å². The van der Waals surface area contributed by atoms with E-state index < -0.39 is 10.0 Å². The van der Waals surface area contributed by atoms with Crippen molar-refractivity contribution in [2.24, 2.45) is 0 Å². The van der Waals surface area contributed by atoms with E-state index in [0.717, 1.165) is 24.3 Å². The van der Waals surface area contributed by atoms with Gasteiger partial charge in [0.15, 0.2) is 0 Å². The largest absolute Gasteiger partial charge is 0.282 e. The highest BCUT2D eigenvalue weighted by Crippen LogP contribution is 2.16. The molecular formula is C15H20N4O2S. The van der Waals surface area contributed by atoms with Gasteiger partial charge in [-0.1, -0.05) is 30.3 Å². The predicted octanol–water partition coefficient (Wildman–Crippen LogP) is 1.08. The molecule has 6 nitrogen and oxygen atoms in total. The first-order valence-corrected chi connectivity index (χ1v) is 9.13. The van der Waals surface area contributed by atoms with E-state index in [1.807, 2.05) is 47.3 Å². The van der Waals surface area contributed by atoms with Crippen molar-refractivity contribution in [3.8, 4) is 11.3 Å². The quantitative estimate of drug-likeness (QED) is 0.846. The molecule has 1 saturated heterocycles. The Hall–Kier alpha value is -1.70. The zero-order valence-corrected chi connectivity index (χ0v) is 13.4. The van der Waals surface area contributed by atoms with Gasteiger partial charge in [0.25, 0.3) is 0 Å². The van der Waals surface area contributed by atoms with Crippen LogP contribution in [-0.4, -0.2) is 59.8 Å². The Balaban J connectivity index is 1.60. The fourth-order valence-corrected chi connectivity index (χ4v) is 3.44. The summed E-state index contributed by atoms with van der Waals surface area (Å²) in [5.41, 5.74) is 2.05. The second-order valence-electron chi connectivity index (χ2n) is 5.53. The smallest absolute Gasteiger partial charge is 0.211 e. The van der Waals surface area contributed by atoms with E-state index in [-0.39, 0.29) is 0 Å². The van der Waals surface area contributed by atoms with Crippen molar-refractivity contribution in [3.63, 3.8) is 0 Å². The van der Waals surface area contributed by atoms with Crippen LogP contribution in [0.5, 0.6) is 0 Å². The van der Waals surface area contributed by atoms with Gasteiger partial charge in [-0.05, 0) is 6.07 Å². The Kier molecular flexibility index (Phi) is 4.28. The van der Waals surface area contributed by atoms with Gasteiger partial charge >= 0.3 is 0 Å². The average molecular weight is 320 g/mol. The van der Waals surface area contributed by atoms with Crippen molar-refractivity contribution in [1.82, 2.24) is 19.0 Å². The van der Waals surface area contributed by atoms with Crippen molar-refractivity contribution in [1.29, 1.82) is 0 Å². The minimum Gasteiger partial charge on any atom is -0.282 e. The molecule has 2 heterocycles. The molecule has 118 valence electrons. The highest BCUT2D eigenvalue weighted by atomic mass is 32.2. The average Bonchev–Trinajstić information content (AvgIpc) is 2.96. The van der Waals surface area contributed by atoms with E-state index in [9.17, 15) is 8.42 Å². The van der Waals surface area contributed by atoms with Crippen LogP contribution < -0.4 is 0 Å². The van der Waals surface area contributed by atoms with E-state index in [4.69, 9.17) is 0 Å². The van der Waals surface area contributed by atoms with Crippen LogP contribution in [0.25, 0.3) is 11.3 Å². The number of aromatic nitrogens is 2. The van der Waals surface area contributed by atoms with Crippen molar-refractivity contribution < 1.29 is 8.42 Å². The molecule has 0 saturated carbocycles. The van der Waals surface area contributed by atoms with Gasteiger partial charge in [-0.15, -0.1) is 0 Å². The summed E-state index contributed by atoms with van der Waals surface area (Å²) >= 11 is 0. The van der Waals surface area contributed by atoms with Crippen LogP contribution in [-0.2, 0) is 16.7 Å². The molecule has 2 aromatic rings. The highest BCUT2D eigenvalue weighted by Gasteiger charge is 2.23. The third-order valence-corrected chi connectivity index (χ3v) is 5.16. The van der Waals surface area contributed by atoms with Crippen LogP contribution in [0.3, 0.4) is 0 Å². The second-order valence-corrected chi connectivity index (χ2v) is 7.51. The Labute approximate surface area is 131 Å². The van der Waals surface area contributed by atoms with E-state index in [1.54, 1.807) is 0 Å². The zero-order chi connectivity index (χ0) is 15.6. The van der Waals surface area contributed by atoms with Gasteiger partial charge in [0.2, 0.25) is 10.0 Å². The molecule has 0 N–H and O–H groups in total. The van der Waals surface area contributed by atoms with Gasteiger partial charge in [-0.3, -0.25) is 9.58 Å². The summed E-state index contributed by atoms with van der Waals surface area (Å²) in [6.07, 6.45) is 3.23. The third kappa shape index (κ3) is 3.55. The maximum absolute atomic E-state index is 11.5. The van der Waals surface area contributed by atoms with E-state index in [1.165, 1.54) is 10.6 Å². The lowest BCUT2D eigenvalue weighted by molar-refractivity contribution is 0.146. The Morgan fingerprint density at radius 1 is 1.05 bits per heavy atom. The maximum atomic E-state index is 11.5. The summed E-state index contributed by atoms with van der Waals surface area (Å²) in [5.74, 6) is 0. The van der Waals surface area contributed by atoms with E-state index in [0.29, 0.717) is 19.8 Å². The Bertz CT molecular complexity index is 719. The number of rotatable bonds is 4. The lowest BCUT2D eigenvalue weighted by atomic mass is 10.2. The molecule has 22 heavy (non-hydrogen) atoms. The molecule has 1 aliphatic heterocycles. The van der Waals surface area contributed by atoms with Crippen molar-refractivity contribution >= 4 is 10.0 Å². The molecule has 1 aromatic heterocycles. The number of piperazine rings is 1. The van der Waals surface area contributed by atoms with Crippen molar-refractivity contribution in [2.45, 2.75) is 6.67 Å². The SMILES string of the molecule is CS(=O)(=O)N1CCN(Cn2ccc(-c3ccccc3)n2)CC1. The normalized spacial score (nSPS) is 17.7. The van der Waals surface area contributed by atoms with Crippen LogP contribution in [0, 0.1) is 0 Å². The van der Waals surface area contributed by atoms with Gasteiger partial charge in [0, 0.05) is 37.9 Å². The number of benzene rings is 1. The maximum Gasteiger partial charge on any atom is 0.211 e. The fraction of sp³-hybridized carbons (Fsp3) is 0.400. The summed E-state index contributed by atoms with van der Waals surface area (Å²) in [4.78, 5) is 2.21. The van der Waals surface area contributed by atoms with Crippen LogP contribution in [0.2, 0.25) is 0 Å². The number of hydrogen-bond donors (Lipinski definition) is 0. The molecule has 1 fully saturated rings. The molecule has 0 bridgehead atoms. The lowest BCUT2D eigenvalue weighted by Gasteiger charge is -2.32. The first-order chi connectivity index (χ1) is 10.5. The first kappa shape index (κ1) is 15.2. The fourth-order valence-electron chi connectivity index (χ4n) is 2.61.